The van der Waals surface area contributed by atoms with Crippen LogP contribution in [0.1, 0.15) is 49.5 Å². The molecule has 1 aromatic rings. The Morgan fingerprint density at radius 3 is 2.33 bits per heavy atom. The zero-order chi connectivity index (χ0) is 15.7. The number of hydrogen-bond donors (Lipinski definition) is 1. The Morgan fingerprint density at radius 2 is 1.95 bits per heavy atom. The van der Waals surface area contributed by atoms with E-state index in [0.717, 1.165) is 18.4 Å². The predicted molar refractivity (Wildman–Crippen MR) is 80.8 cm³/mol. The van der Waals surface area contributed by atoms with Gasteiger partial charge in [0.05, 0.1) is 17.1 Å². The van der Waals surface area contributed by atoms with E-state index in [0.29, 0.717) is 18.7 Å². The average molecular weight is 286 g/mol. The van der Waals surface area contributed by atoms with Crippen LogP contribution in [0.2, 0.25) is 0 Å². The van der Waals surface area contributed by atoms with Gasteiger partial charge in [-0.15, -0.1) is 0 Å². The van der Waals surface area contributed by atoms with Crippen LogP contribution in [0.15, 0.2) is 24.3 Å². The van der Waals surface area contributed by atoms with Gasteiger partial charge in [-0.2, -0.15) is 5.26 Å². The Bertz CT molecular complexity index is 560. The summed E-state index contributed by atoms with van der Waals surface area (Å²) in [5.74, 6) is -0.0898. The number of carbonyl (C=O) groups is 1. The molecular formula is C17H22N2O2. The van der Waals surface area contributed by atoms with Crippen molar-refractivity contribution in [3.63, 3.8) is 0 Å². The van der Waals surface area contributed by atoms with E-state index in [9.17, 15) is 15.2 Å². The predicted octanol–water partition coefficient (Wildman–Crippen LogP) is 2.47. The molecule has 2 rings (SSSR count). The number of benzene rings is 1. The molecule has 0 spiro atoms. The van der Waals surface area contributed by atoms with Gasteiger partial charge in [-0.3, -0.25) is 4.79 Å². The van der Waals surface area contributed by atoms with Gasteiger partial charge in [-0.25, -0.2) is 0 Å². The zero-order valence-corrected chi connectivity index (χ0v) is 12.9. The molecule has 0 heterocycles. The number of carbonyl (C=O) groups excluding carboxylic acids is 1. The molecule has 4 heteroatoms. The summed E-state index contributed by atoms with van der Waals surface area (Å²) in [5.41, 5.74) is 0.356. The quantitative estimate of drug-likeness (QED) is 0.904. The van der Waals surface area contributed by atoms with Crippen LogP contribution in [-0.4, -0.2) is 34.6 Å². The Balaban J connectivity index is 2.14. The van der Waals surface area contributed by atoms with Crippen LogP contribution in [0, 0.1) is 11.3 Å². The van der Waals surface area contributed by atoms with Gasteiger partial charge in [0.25, 0.3) is 5.91 Å². The van der Waals surface area contributed by atoms with E-state index in [1.165, 1.54) is 0 Å². The molecule has 1 aliphatic carbocycles. The fourth-order valence-electron chi connectivity index (χ4n) is 2.50. The first-order valence-corrected chi connectivity index (χ1v) is 7.35. The molecule has 1 aliphatic rings. The first kappa shape index (κ1) is 15.5. The second-order valence-corrected chi connectivity index (χ2v) is 6.40. The summed E-state index contributed by atoms with van der Waals surface area (Å²) in [6.45, 7) is 6.12. The maximum Gasteiger partial charge on any atom is 0.253 e. The maximum absolute atomic E-state index is 12.4. The van der Waals surface area contributed by atoms with Gasteiger partial charge in [-0.05, 0) is 51.3 Å². The van der Waals surface area contributed by atoms with Gasteiger partial charge in [0.15, 0.2) is 0 Å². The van der Waals surface area contributed by atoms with E-state index >= 15 is 0 Å². The number of likely N-dealkylation sites (N-methyl/N-ethyl adjacent to an activating group) is 1. The van der Waals surface area contributed by atoms with E-state index in [1.807, 2.05) is 19.1 Å². The van der Waals surface area contributed by atoms with Crippen LogP contribution < -0.4 is 0 Å². The molecule has 1 amide bonds. The van der Waals surface area contributed by atoms with E-state index < -0.39 is 5.60 Å². The molecule has 0 unspecified atom stereocenters. The van der Waals surface area contributed by atoms with E-state index in [-0.39, 0.29) is 11.3 Å². The van der Waals surface area contributed by atoms with E-state index in [4.69, 9.17) is 0 Å². The summed E-state index contributed by atoms with van der Waals surface area (Å²) in [7, 11) is 0. The van der Waals surface area contributed by atoms with Crippen LogP contribution in [0.4, 0.5) is 0 Å². The molecule has 0 aromatic heterocycles. The third kappa shape index (κ3) is 3.43. The third-order valence-corrected chi connectivity index (χ3v) is 3.90. The van der Waals surface area contributed by atoms with Gasteiger partial charge in [0.1, 0.15) is 0 Å². The molecule has 4 nitrogen and oxygen atoms in total. The molecule has 1 saturated carbocycles. The lowest BCUT2D eigenvalue weighted by molar-refractivity contribution is 0.0314. The molecule has 1 N–H and O–H groups in total. The summed E-state index contributed by atoms with van der Waals surface area (Å²) in [4.78, 5) is 14.1. The normalized spacial score (nSPS) is 16.1. The van der Waals surface area contributed by atoms with E-state index in [1.54, 1.807) is 30.9 Å². The lowest BCUT2D eigenvalue weighted by Crippen LogP contribution is -2.42. The summed E-state index contributed by atoms with van der Waals surface area (Å²) in [6.07, 6.45) is 1.80. The van der Waals surface area contributed by atoms with Crippen molar-refractivity contribution in [2.24, 2.45) is 0 Å². The Morgan fingerprint density at radius 1 is 1.38 bits per heavy atom. The number of nitrogens with zero attached hydrogens (tertiary/aromatic N) is 2. The first-order valence-electron chi connectivity index (χ1n) is 7.35. The van der Waals surface area contributed by atoms with Crippen LogP contribution in [0.5, 0.6) is 0 Å². The SMILES string of the molecule is CCN(CC(C)(C)O)C(=O)c1ccc(C2(C#N)CC2)cc1. The lowest BCUT2D eigenvalue weighted by atomic mass is 9.96. The van der Waals surface area contributed by atoms with Crippen LogP contribution in [-0.2, 0) is 5.41 Å². The molecular weight excluding hydrogens is 264 g/mol. The molecule has 0 saturated heterocycles. The van der Waals surface area contributed by atoms with Crippen LogP contribution >= 0.6 is 0 Å². The molecule has 1 fully saturated rings. The average Bonchev–Trinajstić information content (AvgIpc) is 3.24. The number of hydrogen-bond acceptors (Lipinski definition) is 3. The van der Waals surface area contributed by atoms with Gasteiger partial charge in [-0.1, -0.05) is 12.1 Å². The maximum atomic E-state index is 12.4. The summed E-state index contributed by atoms with van der Waals surface area (Å²) in [6, 6.07) is 9.67. The highest BCUT2D eigenvalue weighted by atomic mass is 16.3. The standard InChI is InChI=1S/C17H22N2O2/c1-4-19(12-16(2,3)21)15(20)13-5-7-14(8-6-13)17(11-18)9-10-17/h5-8,21H,4,9-10,12H2,1-3H3. The topological polar surface area (TPSA) is 64.3 Å². The zero-order valence-electron chi connectivity index (χ0n) is 12.9. The van der Waals surface area contributed by atoms with Crippen molar-refractivity contribution in [1.82, 2.24) is 4.90 Å². The fourth-order valence-corrected chi connectivity index (χ4v) is 2.50. The summed E-state index contributed by atoms with van der Waals surface area (Å²) >= 11 is 0. The number of nitriles is 1. The number of aliphatic hydroxyl groups is 1. The van der Waals surface area contributed by atoms with Gasteiger partial charge in [0.2, 0.25) is 0 Å². The molecule has 0 aliphatic heterocycles. The monoisotopic (exact) mass is 286 g/mol. The summed E-state index contributed by atoms with van der Waals surface area (Å²) in [5, 5.41) is 19.1. The molecule has 112 valence electrons. The van der Waals surface area contributed by atoms with Crippen molar-refractivity contribution in [3.05, 3.63) is 35.4 Å². The lowest BCUT2D eigenvalue weighted by Gasteiger charge is -2.28. The minimum atomic E-state index is -0.912. The summed E-state index contributed by atoms with van der Waals surface area (Å²) < 4.78 is 0. The van der Waals surface area contributed by atoms with Crippen LogP contribution in [0.3, 0.4) is 0 Å². The minimum Gasteiger partial charge on any atom is -0.389 e. The number of rotatable bonds is 5. The Hall–Kier alpha value is -1.86. The molecule has 0 radical (unpaired) electrons. The van der Waals surface area contributed by atoms with Crippen molar-refractivity contribution in [2.45, 2.75) is 44.6 Å². The fraction of sp³-hybridized carbons (Fsp3) is 0.529. The molecule has 0 atom stereocenters. The third-order valence-electron chi connectivity index (χ3n) is 3.90. The van der Waals surface area contributed by atoms with Gasteiger partial charge in [0, 0.05) is 18.7 Å². The van der Waals surface area contributed by atoms with Gasteiger partial charge < -0.3 is 10.0 Å². The van der Waals surface area contributed by atoms with Gasteiger partial charge >= 0.3 is 0 Å². The van der Waals surface area contributed by atoms with Crippen molar-refractivity contribution in [2.75, 3.05) is 13.1 Å². The number of amides is 1. The van der Waals surface area contributed by atoms with Crippen molar-refractivity contribution < 1.29 is 9.90 Å². The largest absolute Gasteiger partial charge is 0.389 e. The second kappa shape index (κ2) is 5.50. The molecule has 1 aromatic carbocycles. The highest BCUT2D eigenvalue weighted by molar-refractivity contribution is 5.94. The molecule has 0 bridgehead atoms. The van der Waals surface area contributed by atoms with Crippen molar-refractivity contribution in [1.29, 1.82) is 5.26 Å². The van der Waals surface area contributed by atoms with Crippen molar-refractivity contribution >= 4 is 5.91 Å². The highest BCUT2D eigenvalue weighted by Gasteiger charge is 2.44. The smallest absolute Gasteiger partial charge is 0.253 e. The van der Waals surface area contributed by atoms with Crippen LogP contribution in [0.25, 0.3) is 0 Å². The Labute approximate surface area is 126 Å². The Kier molecular flexibility index (Phi) is 4.06. The van der Waals surface area contributed by atoms with E-state index in [2.05, 4.69) is 6.07 Å². The second-order valence-electron chi connectivity index (χ2n) is 6.40. The molecule has 21 heavy (non-hydrogen) atoms. The van der Waals surface area contributed by atoms with Crippen molar-refractivity contribution in [3.8, 4) is 6.07 Å². The minimum absolute atomic E-state index is 0.0898. The first-order chi connectivity index (χ1) is 9.81. The highest BCUT2D eigenvalue weighted by Crippen LogP contribution is 2.47.